The van der Waals surface area contributed by atoms with E-state index in [1.165, 1.54) is 11.3 Å². The number of rotatable bonds is 10. The summed E-state index contributed by atoms with van der Waals surface area (Å²) in [7, 11) is 6.41. The molecule has 0 aromatic carbocycles. The molecule has 43 heavy (non-hydrogen) atoms. The van der Waals surface area contributed by atoms with Crippen LogP contribution in [0.2, 0.25) is 0 Å². The number of nitrogens with zero attached hydrogens (tertiary/aromatic N) is 7. The molecule has 0 bridgehead atoms. The number of likely N-dealkylation sites (N-methyl/N-ethyl adjacent to an activating group) is 2. The SMILES string of the molecule is CCCCc1c(-c2nc(O[C@@H](C)[C@@H]3CCCN3C)cc(N3CC(N(C)C)C3)n2)noc1[C@H]1CCCc2sc(N)c(C#N)c21. The third kappa shape index (κ3) is 5.73. The number of likely N-dealkylation sites (tertiary alicyclic amines) is 1. The first-order valence-corrected chi connectivity index (χ1v) is 16.6. The lowest BCUT2D eigenvalue weighted by Crippen LogP contribution is -2.57. The van der Waals surface area contributed by atoms with Gasteiger partial charge < -0.3 is 24.8 Å². The summed E-state index contributed by atoms with van der Waals surface area (Å²) in [6.07, 6.45) is 7.99. The van der Waals surface area contributed by atoms with E-state index in [0.29, 0.717) is 40.0 Å². The van der Waals surface area contributed by atoms with Gasteiger partial charge in [0.15, 0.2) is 11.5 Å². The Labute approximate surface area is 258 Å². The number of hydrogen-bond acceptors (Lipinski definition) is 11. The second-order valence-electron chi connectivity index (χ2n) is 12.6. The summed E-state index contributed by atoms with van der Waals surface area (Å²) < 4.78 is 12.8. The molecule has 3 aliphatic rings. The molecule has 1 aliphatic carbocycles. The Balaban J connectivity index is 1.40. The second-order valence-corrected chi connectivity index (χ2v) is 13.8. The van der Waals surface area contributed by atoms with Crippen molar-refractivity contribution in [3.05, 3.63) is 33.4 Å². The van der Waals surface area contributed by atoms with Gasteiger partial charge in [-0.2, -0.15) is 10.2 Å². The van der Waals surface area contributed by atoms with Gasteiger partial charge >= 0.3 is 0 Å². The van der Waals surface area contributed by atoms with Crippen molar-refractivity contribution >= 4 is 22.2 Å². The normalized spacial score (nSPS) is 21.6. The number of hydrogen-bond donors (Lipinski definition) is 1. The molecule has 6 rings (SSSR count). The van der Waals surface area contributed by atoms with Gasteiger partial charge in [-0.25, -0.2) is 4.98 Å². The fourth-order valence-corrected chi connectivity index (χ4v) is 8.05. The maximum absolute atomic E-state index is 9.97. The van der Waals surface area contributed by atoms with E-state index in [1.807, 2.05) is 6.07 Å². The van der Waals surface area contributed by atoms with E-state index in [1.54, 1.807) is 11.3 Å². The van der Waals surface area contributed by atoms with Crippen LogP contribution in [0.15, 0.2) is 10.6 Å². The Morgan fingerprint density at radius 2 is 2.07 bits per heavy atom. The molecule has 0 saturated carbocycles. The van der Waals surface area contributed by atoms with Gasteiger partial charge in [-0.1, -0.05) is 18.5 Å². The maximum Gasteiger partial charge on any atom is 0.219 e. The zero-order valence-electron chi connectivity index (χ0n) is 26.1. The first kappa shape index (κ1) is 29.9. The average molecular weight is 605 g/mol. The topological polar surface area (TPSA) is 121 Å². The summed E-state index contributed by atoms with van der Waals surface area (Å²) in [5.41, 5.74) is 9.63. The van der Waals surface area contributed by atoms with E-state index in [4.69, 9.17) is 25.0 Å². The molecule has 11 heteroatoms. The standard InChI is InChI=1S/C32H44N8O2S/c1-6-7-10-22-29(37-42-30(22)21-11-8-13-25-28(21)23(16-33)31(34)43-25)32-35-26(40-17-20(18-40)38(3)4)15-27(36-32)41-19(2)24-12-9-14-39(24)5/h15,19-21,24H,6-14,17-18,34H2,1-5H3/t19-,21-,24-/m0/s1. The number of aromatic nitrogens is 3. The van der Waals surface area contributed by atoms with Crippen molar-refractivity contribution in [3.63, 3.8) is 0 Å². The summed E-state index contributed by atoms with van der Waals surface area (Å²) in [5.74, 6) is 2.74. The van der Waals surface area contributed by atoms with Crippen molar-refractivity contribution in [3.8, 4) is 23.5 Å². The number of nitrogen functional groups attached to an aromatic ring is 1. The molecule has 2 fully saturated rings. The van der Waals surface area contributed by atoms with Gasteiger partial charge in [0.1, 0.15) is 28.8 Å². The van der Waals surface area contributed by atoms with Crippen molar-refractivity contribution in [2.24, 2.45) is 0 Å². The zero-order chi connectivity index (χ0) is 30.2. The lowest BCUT2D eigenvalue weighted by Gasteiger charge is -2.43. The first-order chi connectivity index (χ1) is 20.8. The number of fused-ring (bicyclic) bond motifs is 1. The molecule has 2 saturated heterocycles. The molecule has 0 radical (unpaired) electrons. The highest BCUT2D eigenvalue weighted by atomic mass is 32.1. The highest BCUT2D eigenvalue weighted by molar-refractivity contribution is 7.16. The van der Waals surface area contributed by atoms with Gasteiger partial charge in [0.2, 0.25) is 5.88 Å². The fraction of sp³-hybridized carbons (Fsp3) is 0.625. The van der Waals surface area contributed by atoms with Crippen LogP contribution in [0.1, 0.15) is 85.6 Å². The van der Waals surface area contributed by atoms with E-state index in [2.05, 4.69) is 60.9 Å². The van der Waals surface area contributed by atoms with Crippen LogP contribution in [-0.2, 0) is 12.8 Å². The van der Waals surface area contributed by atoms with Crippen molar-refractivity contribution in [2.45, 2.75) is 89.3 Å². The molecule has 230 valence electrons. The number of aryl methyl sites for hydroxylation is 1. The summed E-state index contributed by atoms with van der Waals surface area (Å²) in [6, 6.07) is 5.19. The molecular weight excluding hydrogens is 560 g/mol. The Hall–Kier alpha value is -3.20. The van der Waals surface area contributed by atoms with E-state index in [0.717, 1.165) is 87.3 Å². The maximum atomic E-state index is 9.97. The van der Waals surface area contributed by atoms with Crippen LogP contribution in [0.25, 0.3) is 11.5 Å². The summed E-state index contributed by atoms with van der Waals surface area (Å²) >= 11 is 1.54. The van der Waals surface area contributed by atoms with E-state index in [9.17, 15) is 5.26 Å². The number of nitriles is 1. The molecule has 2 N–H and O–H groups in total. The second kappa shape index (κ2) is 12.4. The van der Waals surface area contributed by atoms with Gasteiger partial charge in [-0.3, -0.25) is 4.90 Å². The quantitative estimate of drug-likeness (QED) is 0.336. The predicted molar refractivity (Wildman–Crippen MR) is 170 cm³/mol. The largest absolute Gasteiger partial charge is 0.473 e. The molecule has 0 unspecified atom stereocenters. The Bertz CT molecular complexity index is 1490. The Morgan fingerprint density at radius 3 is 2.77 bits per heavy atom. The highest BCUT2D eigenvalue weighted by Crippen LogP contribution is 2.47. The smallest absolute Gasteiger partial charge is 0.219 e. The third-order valence-corrected chi connectivity index (χ3v) is 10.7. The summed E-state index contributed by atoms with van der Waals surface area (Å²) in [6.45, 7) is 7.22. The van der Waals surface area contributed by atoms with Crippen molar-refractivity contribution in [1.29, 1.82) is 5.26 Å². The van der Waals surface area contributed by atoms with Crippen LogP contribution in [-0.4, -0.2) is 83.9 Å². The van der Waals surface area contributed by atoms with Crippen molar-refractivity contribution in [2.75, 3.05) is 51.4 Å². The minimum atomic E-state index is -0.0480. The number of nitrogens with two attached hydrogens (primary N) is 1. The number of ether oxygens (including phenoxy) is 1. The van der Waals surface area contributed by atoms with E-state index < -0.39 is 0 Å². The highest BCUT2D eigenvalue weighted by Gasteiger charge is 2.36. The van der Waals surface area contributed by atoms with E-state index >= 15 is 0 Å². The van der Waals surface area contributed by atoms with Crippen molar-refractivity contribution in [1.82, 2.24) is 24.9 Å². The van der Waals surface area contributed by atoms with Crippen LogP contribution in [0.5, 0.6) is 5.88 Å². The van der Waals surface area contributed by atoms with Crippen molar-refractivity contribution < 1.29 is 9.26 Å². The number of thiophene rings is 1. The number of unbranched alkanes of at least 4 members (excludes halogenated alkanes) is 1. The van der Waals surface area contributed by atoms with Crippen LogP contribution in [0.4, 0.5) is 10.8 Å². The first-order valence-electron chi connectivity index (χ1n) is 15.8. The molecule has 2 aliphatic heterocycles. The molecular formula is C32H44N8O2S. The monoisotopic (exact) mass is 604 g/mol. The summed E-state index contributed by atoms with van der Waals surface area (Å²) in [4.78, 5) is 18.1. The summed E-state index contributed by atoms with van der Waals surface area (Å²) in [5, 5.41) is 15.2. The minimum absolute atomic E-state index is 0.00411. The van der Waals surface area contributed by atoms with Gasteiger partial charge in [-0.15, -0.1) is 11.3 Å². The van der Waals surface area contributed by atoms with Gasteiger partial charge in [0.25, 0.3) is 0 Å². The molecule has 3 aromatic rings. The zero-order valence-corrected chi connectivity index (χ0v) is 26.9. The van der Waals surface area contributed by atoms with Crippen LogP contribution in [0, 0.1) is 11.3 Å². The molecule has 10 nitrogen and oxygen atoms in total. The van der Waals surface area contributed by atoms with Crippen LogP contribution in [0.3, 0.4) is 0 Å². The minimum Gasteiger partial charge on any atom is -0.473 e. The van der Waals surface area contributed by atoms with Crippen LogP contribution < -0.4 is 15.4 Å². The predicted octanol–water partition coefficient (Wildman–Crippen LogP) is 5.07. The van der Waals surface area contributed by atoms with E-state index in [-0.39, 0.29) is 12.0 Å². The molecule has 0 amide bonds. The molecule has 3 aromatic heterocycles. The Morgan fingerprint density at radius 1 is 1.26 bits per heavy atom. The fourth-order valence-electron chi connectivity index (χ4n) is 6.93. The van der Waals surface area contributed by atoms with Gasteiger partial charge in [0, 0.05) is 47.6 Å². The lowest BCUT2D eigenvalue weighted by molar-refractivity contribution is 0.117. The number of anilines is 2. The average Bonchev–Trinajstić information content (AvgIpc) is 3.66. The van der Waals surface area contributed by atoms with Crippen LogP contribution >= 0.6 is 11.3 Å². The molecule has 0 spiro atoms. The Kier molecular flexibility index (Phi) is 8.63. The third-order valence-electron chi connectivity index (χ3n) is 9.56. The lowest BCUT2D eigenvalue weighted by atomic mass is 9.81. The van der Waals surface area contributed by atoms with Gasteiger partial charge in [0.05, 0.1) is 5.56 Å². The molecule has 5 heterocycles. The molecule has 3 atom stereocenters. The van der Waals surface area contributed by atoms with Gasteiger partial charge in [-0.05, 0) is 85.1 Å².